The molecule has 1 saturated heterocycles. The Kier molecular flexibility index (Phi) is 2.77. The summed E-state index contributed by atoms with van der Waals surface area (Å²) in [6.45, 7) is 2.69. The Morgan fingerprint density at radius 1 is 1.29 bits per heavy atom. The van der Waals surface area contributed by atoms with Gasteiger partial charge < -0.3 is 10.1 Å². The second-order valence-electron chi connectivity index (χ2n) is 4.30. The van der Waals surface area contributed by atoms with Crippen molar-refractivity contribution in [2.75, 3.05) is 13.1 Å². The van der Waals surface area contributed by atoms with Crippen LogP contribution in [-0.4, -0.2) is 18.7 Å². The number of alkyl halides is 3. The van der Waals surface area contributed by atoms with Gasteiger partial charge in [-0.25, -0.2) is 4.39 Å². The zero-order valence-electron chi connectivity index (χ0n) is 9.07. The number of benzene rings is 1. The van der Waals surface area contributed by atoms with Gasteiger partial charge in [0.15, 0.2) is 11.6 Å². The van der Waals surface area contributed by atoms with Crippen molar-refractivity contribution in [1.29, 1.82) is 0 Å². The molecule has 17 heavy (non-hydrogen) atoms. The smallest absolute Gasteiger partial charge is 0.416 e. The number of nitrogens with one attached hydrogen (secondary N) is 1. The summed E-state index contributed by atoms with van der Waals surface area (Å²) in [5.74, 6) is -1.14. The molecular formula is C11H11F4NO. The van der Waals surface area contributed by atoms with Crippen LogP contribution in [0.25, 0.3) is 0 Å². The number of hydrogen-bond donors (Lipinski definition) is 1. The van der Waals surface area contributed by atoms with Gasteiger partial charge in [0, 0.05) is 13.1 Å². The summed E-state index contributed by atoms with van der Waals surface area (Å²) >= 11 is 0. The molecule has 0 amide bonds. The Bertz CT molecular complexity index is 426. The summed E-state index contributed by atoms with van der Waals surface area (Å²) in [7, 11) is 0. The standard InChI is InChI=1S/C11H11F4NO/c1-10(5-16-6-10)17-9-4-7(11(13,14)15)2-3-8(9)12/h2-4,16H,5-6H2,1H3. The monoisotopic (exact) mass is 249 g/mol. The van der Waals surface area contributed by atoms with Crippen LogP contribution in [0, 0.1) is 5.82 Å². The SMILES string of the molecule is CC1(Oc2cc(C(F)(F)F)ccc2F)CNC1. The highest BCUT2D eigenvalue weighted by Crippen LogP contribution is 2.34. The minimum atomic E-state index is -4.50. The second kappa shape index (κ2) is 3.87. The van der Waals surface area contributed by atoms with Crippen molar-refractivity contribution in [3.63, 3.8) is 0 Å². The summed E-state index contributed by atoms with van der Waals surface area (Å²) in [6, 6.07) is 2.16. The third-order valence-corrected chi connectivity index (χ3v) is 2.61. The van der Waals surface area contributed by atoms with Gasteiger partial charge in [0.1, 0.15) is 5.60 Å². The maximum Gasteiger partial charge on any atom is 0.416 e. The van der Waals surface area contributed by atoms with Crippen molar-refractivity contribution in [3.05, 3.63) is 29.6 Å². The summed E-state index contributed by atoms with van der Waals surface area (Å²) in [5, 5.41) is 2.92. The molecule has 2 rings (SSSR count). The normalized spacial score (nSPS) is 18.6. The van der Waals surface area contributed by atoms with Gasteiger partial charge in [0.2, 0.25) is 0 Å². The molecule has 2 nitrogen and oxygen atoms in total. The third kappa shape index (κ3) is 2.52. The first kappa shape index (κ1) is 12.2. The summed E-state index contributed by atoms with van der Waals surface area (Å²) in [5.41, 5.74) is -1.55. The lowest BCUT2D eigenvalue weighted by Gasteiger charge is -2.39. The Morgan fingerprint density at radius 3 is 2.41 bits per heavy atom. The van der Waals surface area contributed by atoms with E-state index in [1.165, 1.54) is 0 Å². The van der Waals surface area contributed by atoms with E-state index < -0.39 is 23.2 Å². The minimum Gasteiger partial charge on any atom is -0.482 e. The van der Waals surface area contributed by atoms with Crippen molar-refractivity contribution in [1.82, 2.24) is 5.32 Å². The lowest BCUT2D eigenvalue weighted by atomic mass is 10.00. The highest BCUT2D eigenvalue weighted by molar-refractivity contribution is 5.32. The van der Waals surface area contributed by atoms with Crippen LogP contribution in [-0.2, 0) is 6.18 Å². The van der Waals surface area contributed by atoms with Crippen molar-refractivity contribution < 1.29 is 22.3 Å². The van der Waals surface area contributed by atoms with Crippen LogP contribution in [0.3, 0.4) is 0 Å². The van der Waals surface area contributed by atoms with Crippen LogP contribution < -0.4 is 10.1 Å². The van der Waals surface area contributed by atoms with E-state index >= 15 is 0 Å². The maximum absolute atomic E-state index is 13.3. The number of rotatable bonds is 2. The molecule has 0 aromatic heterocycles. The van der Waals surface area contributed by atoms with Crippen LogP contribution in [0.15, 0.2) is 18.2 Å². The Hall–Kier alpha value is -1.30. The molecule has 1 N–H and O–H groups in total. The largest absolute Gasteiger partial charge is 0.482 e. The van der Waals surface area contributed by atoms with Gasteiger partial charge in [0.05, 0.1) is 5.56 Å². The van der Waals surface area contributed by atoms with Crippen LogP contribution >= 0.6 is 0 Å². The van der Waals surface area contributed by atoms with E-state index in [2.05, 4.69) is 5.32 Å². The molecule has 6 heteroatoms. The lowest BCUT2D eigenvalue weighted by molar-refractivity contribution is -0.137. The Balaban J connectivity index is 2.26. The van der Waals surface area contributed by atoms with E-state index in [1.54, 1.807) is 6.92 Å². The third-order valence-electron chi connectivity index (χ3n) is 2.61. The summed E-state index contributed by atoms with van der Waals surface area (Å²) < 4.78 is 55.9. The highest BCUT2D eigenvalue weighted by atomic mass is 19.4. The maximum atomic E-state index is 13.3. The molecule has 0 atom stereocenters. The van der Waals surface area contributed by atoms with Crippen molar-refractivity contribution in [2.24, 2.45) is 0 Å². The van der Waals surface area contributed by atoms with E-state index in [0.29, 0.717) is 25.2 Å². The number of ether oxygens (including phenoxy) is 1. The zero-order valence-corrected chi connectivity index (χ0v) is 9.07. The molecule has 1 aromatic rings. The zero-order chi connectivity index (χ0) is 12.7. The second-order valence-corrected chi connectivity index (χ2v) is 4.30. The van der Waals surface area contributed by atoms with Crippen molar-refractivity contribution in [3.8, 4) is 5.75 Å². The molecule has 1 aromatic carbocycles. The molecule has 0 spiro atoms. The summed E-state index contributed by atoms with van der Waals surface area (Å²) in [6.07, 6.45) is -4.50. The fourth-order valence-electron chi connectivity index (χ4n) is 1.57. The van der Waals surface area contributed by atoms with Gasteiger partial charge in [-0.05, 0) is 25.1 Å². The minimum absolute atomic E-state index is 0.358. The average Bonchev–Trinajstić information content (AvgIpc) is 2.17. The predicted octanol–water partition coefficient (Wildman–Crippen LogP) is 2.59. The van der Waals surface area contributed by atoms with Crippen LogP contribution in [0.2, 0.25) is 0 Å². The fourth-order valence-corrected chi connectivity index (χ4v) is 1.57. The van der Waals surface area contributed by atoms with Gasteiger partial charge in [-0.2, -0.15) is 13.2 Å². The molecule has 0 unspecified atom stereocenters. The molecule has 1 fully saturated rings. The van der Waals surface area contributed by atoms with Gasteiger partial charge in [-0.1, -0.05) is 0 Å². The first-order valence-electron chi connectivity index (χ1n) is 5.07. The van der Waals surface area contributed by atoms with Crippen LogP contribution in [0.1, 0.15) is 12.5 Å². The van der Waals surface area contributed by atoms with Crippen molar-refractivity contribution in [2.45, 2.75) is 18.7 Å². The molecule has 1 aliphatic rings. The van der Waals surface area contributed by atoms with E-state index in [0.717, 1.165) is 6.07 Å². The van der Waals surface area contributed by atoms with Gasteiger partial charge in [0.25, 0.3) is 0 Å². The fraction of sp³-hybridized carbons (Fsp3) is 0.455. The van der Waals surface area contributed by atoms with Gasteiger partial charge in [-0.15, -0.1) is 0 Å². The molecule has 0 aliphatic carbocycles. The van der Waals surface area contributed by atoms with E-state index in [1.807, 2.05) is 0 Å². The average molecular weight is 249 g/mol. The van der Waals surface area contributed by atoms with Crippen LogP contribution in [0.4, 0.5) is 17.6 Å². The molecule has 94 valence electrons. The quantitative estimate of drug-likeness (QED) is 0.813. The summed E-state index contributed by atoms with van der Waals surface area (Å²) in [4.78, 5) is 0. The molecule has 0 saturated carbocycles. The number of hydrogen-bond acceptors (Lipinski definition) is 2. The Labute approximate surface area is 95.6 Å². The van der Waals surface area contributed by atoms with E-state index in [4.69, 9.17) is 4.74 Å². The number of halogens is 4. The van der Waals surface area contributed by atoms with Crippen molar-refractivity contribution >= 4 is 0 Å². The first-order chi connectivity index (χ1) is 7.80. The lowest BCUT2D eigenvalue weighted by Crippen LogP contribution is -2.61. The first-order valence-corrected chi connectivity index (χ1v) is 5.07. The van der Waals surface area contributed by atoms with Gasteiger partial charge >= 0.3 is 6.18 Å². The molecular weight excluding hydrogens is 238 g/mol. The molecule has 1 aliphatic heterocycles. The highest BCUT2D eigenvalue weighted by Gasteiger charge is 2.36. The van der Waals surface area contributed by atoms with E-state index in [9.17, 15) is 17.6 Å². The van der Waals surface area contributed by atoms with Gasteiger partial charge in [-0.3, -0.25) is 0 Å². The Morgan fingerprint density at radius 2 is 1.94 bits per heavy atom. The molecule has 0 bridgehead atoms. The van der Waals surface area contributed by atoms with E-state index in [-0.39, 0.29) is 5.75 Å². The topological polar surface area (TPSA) is 21.3 Å². The predicted molar refractivity (Wildman–Crippen MR) is 53.3 cm³/mol. The molecule has 1 heterocycles. The van der Waals surface area contributed by atoms with Crippen LogP contribution in [0.5, 0.6) is 5.75 Å². The molecule has 0 radical (unpaired) electrons.